The van der Waals surface area contributed by atoms with Crippen LogP contribution in [0.15, 0.2) is 0 Å². The summed E-state index contributed by atoms with van der Waals surface area (Å²) in [5, 5.41) is 0. The normalized spacial score (nSPS) is 25.9. The zero-order chi connectivity index (χ0) is 13.2. The van der Waals surface area contributed by atoms with Gasteiger partial charge in [0.15, 0.2) is 0 Å². The van der Waals surface area contributed by atoms with E-state index in [9.17, 15) is 4.79 Å². The summed E-state index contributed by atoms with van der Waals surface area (Å²) in [4.78, 5) is 17.1. The molecule has 2 aliphatic heterocycles. The molecule has 0 spiro atoms. The molecule has 0 aromatic rings. The molecule has 0 saturated carbocycles. The van der Waals surface area contributed by atoms with Crippen molar-refractivity contribution in [2.75, 3.05) is 26.2 Å². The fourth-order valence-electron chi connectivity index (χ4n) is 3.21. The van der Waals surface area contributed by atoms with Crippen LogP contribution in [0.3, 0.4) is 0 Å². The van der Waals surface area contributed by atoms with Crippen LogP contribution in [0.25, 0.3) is 0 Å². The van der Waals surface area contributed by atoms with Crippen molar-refractivity contribution in [3.05, 3.63) is 0 Å². The second kappa shape index (κ2) is 5.57. The summed E-state index contributed by atoms with van der Waals surface area (Å²) in [5.41, 5.74) is 5.59. The molecule has 4 heteroatoms. The molecule has 1 atom stereocenters. The van der Waals surface area contributed by atoms with E-state index in [0.29, 0.717) is 6.04 Å². The zero-order valence-electron chi connectivity index (χ0n) is 11.8. The van der Waals surface area contributed by atoms with Crippen LogP contribution < -0.4 is 5.73 Å². The molecule has 0 aromatic heterocycles. The average Bonchev–Trinajstić information content (AvgIpc) is 2.45. The number of amides is 1. The molecule has 2 N–H and O–H groups in total. The maximum atomic E-state index is 12.5. The van der Waals surface area contributed by atoms with E-state index < -0.39 is 5.54 Å². The van der Waals surface area contributed by atoms with Gasteiger partial charge in [0.05, 0.1) is 5.54 Å². The maximum absolute atomic E-state index is 12.5. The molecule has 0 aromatic carbocycles. The first-order chi connectivity index (χ1) is 8.60. The van der Waals surface area contributed by atoms with Crippen molar-refractivity contribution in [3.8, 4) is 0 Å². The Bertz CT molecular complexity index is 301. The minimum Gasteiger partial charge on any atom is -0.338 e. The highest BCUT2D eigenvalue weighted by Crippen LogP contribution is 2.23. The minimum atomic E-state index is -0.642. The first kappa shape index (κ1) is 13.8. The number of hydrogen-bond donors (Lipinski definition) is 1. The van der Waals surface area contributed by atoms with Gasteiger partial charge in [0, 0.05) is 25.7 Å². The predicted molar refractivity (Wildman–Crippen MR) is 73.3 cm³/mol. The highest BCUT2D eigenvalue weighted by Gasteiger charge is 2.38. The van der Waals surface area contributed by atoms with Gasteiger partial charge in [0.1, 0.15) is 0 Å². The predicted octanol–water partition coefficient (Wildman–Crippen LogP) is 1.20. The van der Waals surface area contributed by atoms with Crippen LogP contribution in [0.5, 0.6) is 0 Å². The first-order valence-corrected chi connectivity index (χ1v) is 7.43. The standard InChI is InChI=1S/C14H27N3O/c1-3-14(15,4-2)13(18)17-10-9-16-8-6-5-7-12(16)11-17/h12H,3-11,15H2,1-2H3. The Morgan fingerprint density at radius 3 is 2.61 bits per heavy atom. The summed E-state index contributed by atoms with van der Waals surface area (Å²) >= 11 is 0. The molecule has 1 amide bonds. The largest absolute Gasteiger partial charge is 0.338 e. The van der Waals surface area contributed by atoms with Gasteiger partial charge in [-0.1, -0.05) is 20.3 Å². The third kappa shape index (κ3) is 2.54. The smallest absolute Gasteiger partial charge is 0.242 e. The highest BCUT2D eigenvalue weighted by molar-refractivity contribution is 5.86. The van der Waals surface area contributed by atoms with Crippen LogP contribution in [-0.4, -0.2) is 53.5 Å². The van der Waals surface area contributed by atoms with Gasteiger partial charge in [-0.25, -0.2) is 0 Å². The monoisotopic (exact) mass is 253 g/mol. The summed E-state index contributed by atoms with van der Waals surface area (Å²) in [6.07, 6.45) is 5.31. The van der Waals surface area contributed by atoms with Crippen molar-refractivity contribution >= 4 is 5.91 Å². The van der Waals surface area contributed by atoms with Crippen LogP contribution in [0.4, 0.5) is 0 Å². The fraction of sp³-hybridized carbons (Fsp3) is 0.929. The number of nitrogens with zero attached hydrogens (tertiary/aromatic N) is 2. The fourth-order valence-corrected chi connectivity index (χ4v) is 3.21. The Morgan fingerprint density at radius 2 is 1.94 bits per heavy atom. The molecule has 2 heterocycles. The summed E-state index contributed by atoms with van der Waals surface area (Å²) in [6.45, 7) is 8.00. The van der Waals surface area contributed by atoms with E-state index in [-0.39, 0.29) is 5.91 Å². The number of piperazine rings is 1. The van der Waals surface area contributed by atoms with Crippen molar-refractivity contribution in [2.45, 2.75) is 57.5 Å². The van der Waals surface area contributed by atoms with Crippen LogP contribution in [-0.2, 0) is 4.79 Å². The Balaban J connectivity index is 2.00. The molecule has 0 bridgehead atoms. The molecule has 2 fully saturated rings. The summed E-state index contributed by atoms with van der Waals surface area (Å²) in [7, 11) is 0. The van der Waals surface area contributed by atoms with Gasteiger partial charge in [-0.15, -0.1) is 0 Å². The number of piperidine rings is 1. The molecule has 0 radical (unpaired) electrons. The maximum Gasteiger partial charge on any atom is 0.242 e. The topological polar surface area (TPSA) is 49.6 Å². The van der Waals surface area contributed by atoms with Gasteiger partial charge in [0.2, 0.25) is 5.91 Å². The van der Waals surface area contributed by atoms with Gasteiger partial charge >= 0.3 is 0 Å². The summed E-state index contributed by atoms with van der Waals surface area (Å²) < 4.78 is 0. The van der Waals surface area contributed by atoms with E-state index in [4.69, 9.17) is 5.73 Å². The van der Waals surface area contributed by atoms with E-state index in [1.165, 1.54) is 25.8 Å². The van der Waals surface area contributed by atoms with E-state index >= 15 is 0 Å². The van der Waals surface area contributed by atoms with E-state index in [1.807, 2.05) is 18.7 Å². The quantitative estimate of drug-likeness (QED) is 0.822. The molecule has 18 heavy (non-hydrogen) atoms. The van der Waals surface area contributed by atoms with Crippen LogP contribution in [0.1, 0.15) is 46.0 Å². The number of fused-ring (bicyclic) bond motifs is 1. The van der Waals surface area contributed by atoms with Gasteiger partial charge in [-0.3, -0.25) is 9.69 Å². The molecule has 2 rings (SSSR count). The summed E-state index contributed by atoms with van der Waals surface area (Å²) in [5.74, 6) is 0.165. The molecule has 104 valence electrons. The van der Waals surface area contributed by atoms with Crippen molar-refractivity contribution in [2.24, 2.45) is 5.73 Å². The minimum absolute atomic E-state index is 0.165. The number of rotatable bonds is 3. The molecule has 2 saturated heterocycles. The zero-order valence-corrected chi connectivity index (χ0v) is 11.8. The molecule has 0 aliphatic carbocycles. The third-order valence-corrected chi connectivity index (χ3v) is 4.81. The second-order valence-electron chi connectivity index (χ2n) is 5.80. The lowest BCUT2D eigenvalue weighted by Gasteiger charge is -2.46. The van der Waals surface area contributed by atoms with Crippen LogP contribution >= 0.6 is 0 Å². The van der Waals surface area contributed by atoms with Crippen molar-refractivity contribution in [1.82, 2.24) is 9.80 Å². The van der Waals surface area contributed by atoms with Crippen molar-refractivity contribution in [3.63, 3.8) is 0 Å². The lowest BCUT2D eigenvalue weighted by molar-refractivity contribution is -0.141. The third-order valence-electron chi connectivity index (χ3n) is 4.81. The lowest BCUT2D eigenvalue weighted by Crippen LogP contribution is -2.62. The molecular formula is C14H27N3O. The van der Waals surface area contributed by atoms with Gasteiger partial charge < -0.3 is 10.6 Å². The van der Waals surface area contributed by atoms with Crippen molar-refractivity contribution < 1.29 is 4.79 Å². The Labute approximate surface area is 110 Å². The number of hydrogen-bond acceptors (Lipinski definition) is 3. The Hall–Kier alpha value is -0.610. The van der Waals surface area contributed by atoms with Crippen molar-refractivity contribution in [1.29, 1.82) is 0 Å². The first-order valence-electron chi connectivity index (χ1n) is 7.43. The number of carbonyl (C=O) groups is 1. The van der Waals surface area contributed by atoms with Gasteiger partial charge in [-0.2, -0.15) is 0 Å². The lowest BCUT2D eigenvalue weighted by atomic mass is 9.91. The Morgan fingerprint density at radius 1 is 1.22 bits per heavy atom. The van der Waals surface area contributed by atoms with E-state index in [0.717, 1.165) is 32.5 Å². The van der Waals surface area contributed by atoms with E-state index in [1.54, 1.807) is 0 Å². The van der Waals surface area contributed by atoms with Crippen LogP contribution in [0.2, 0.25) is 0 Å². The molecule has 2 aliphatic rings. The average molecular weight is 253 g/mol. The molecule has 1 unspecified atom stereocenters. The van der Waals surface area contributed by atoms with Gasteiger partial charge in [0.25, 0.3) is 0 Å². The highest BCUT2D eigenvalue weighted by atomic mass is 16.2. The SMILES string of the molecule is CCC(N)(CC)C(=O)N1CCN2CCCCC2C1. The summed E-state index contributed by atoms with van der Waals surface area (Å²) in [6, 6.07) is 0.578. The molecule has 4 nitrogen and oxygen atoms in total. The van der Waals surface area contributed by atoms with Gasteiger partial charge in [-0.05, 0) is 32.2 Å². The number of carbonyl (C=O) groups excluding carboxylic acids is 1. The van der Waals surface area contributed by atoms with Crippen LogP contribution in [0, 0.1) is 0 Å². The number of nitrogens with two attached hydrogens (primary N) is 1. The van der Waals surface area contributed by atoms with E-state index in [2.05, 4.69) is 4.90 Å². The second-order valence-corrected chi connectivity index (χ2v) is 5.80. The Kier molecular flexibility index (Phi) is 4.28. The molecular weight excluding hydrogens is 226 g/mol.